The van der Waals surface area contributed by atoms with E-state index >= 15 is 0 Å². The lowest BCUT2D eigenvalue weighted by Crippen LogP contribution is -2.53. The molecular formula is C21H30FN5O3. The van der Waals surface area contributed by atoms with Gasteiger partial charge < -0.3 is 20.3 Å². The SMILES string of the molecule is CC(=O)NCC1CN(c2ccc(N3CCN(C4CCNCC4)CC3)c(F)c2)C(=O)O1. The molecule has 3 fully saturated rings. The van der Waals surface area contributed by atoms with Crippen LogP contribution in [0.4, 0.5) is 20.6 Å². The number of carbonyl (C=O) groups is 2. The minimum Gasteiger partial charge on any atom is -0.442 e. The van der Waals surface area contributed by atoms with Crippen LogP contribution >= 0.6 is 0 Å². The lowest BCUT2D eigenvalue weighted by atomic mass is 10.0. The first-order valence-corrected chi connectivity index (χ1v) is 10.7. The molecule has 2 amide bonds. The van der Waals surface area contributed by atoms with Gasteiger partial charge in [-0.2, -0.15) is 0 Å². The van der Waals surface area contributed by atoms with E-state index in [-0.39, 0.29) is 24.8 Å². The van der Waals surface area contributed by atoms with Crippen LogP contribution in [0.1, 0.15) is 19.8 Å². The van der Waals surface area contributed by atoms with Crippen LogP contribution in [-0.2, 0) is 9.53 Å². The van der Waals surface area contributed by atoms with E-state index in [4.69, 9.17) is 4.74 Å². The Morgan fingerprint density at radius 3 is 2.63 bits per heavy atom. The maximum atomic E-state index is 14.9. The molecule has 1 aromatic rings. The first-order chi connectivity index (χ1) is 14.5. The van der Waals surface area contributed by atoms with Gasteiger partial charge in [0.05, 0.1) is 24.5 Å². The molecule has 1 aromatic carbocycles. The summed E-state index contributed by atoms with van der Waals surface area (Å²) in [5.41, 5.74) is 1.05. The Hall–Kier alpha value is -2.39. The fourth-order valence-electron chi connectivity index (χ4n) is 4.52. The van der Waals surface area contributed by atoms with Crippen LogP contribution in [0.25, 0.3) is 0 Å². The smallest absolute Gasteiger partial charge is 0.414 e. The second-order valence-corrected chi connectivity index (χ2v) is 8.19. The van der Waals surface area contributed by atoms with Gasteiger partial charge in [-0.15, -0.1) is 0 Å². The Kier molecular flexibility index (Phi) is 6.38. The zero-order chi connectivity index (χ0) is 21.1. The van der Waals surface area contributed by atoms with Crippen molar-refractivity contribution in [2.75, 3.05) is 62.2 Å². The molecule has 164 valence electrons. The van der Waals surface area contributed by atoms with E-state index in [1.165, 1.54) is 30.7 Å². The van der Waals surface area contributed by atoms with Gasteiger partial charge in [-0.3, -0.25) is 14.6 Å². The first-order valence-electron chi connectivity index (χ1n) is 10.7. The molecule has 2 N–H and O–H groups in total. The van der Waals surface area contributed by atoms with E-state index in [1.807, 2.05) is 0 Å². The second-order valence-electron chi connectivity index (χ2n) is 8.19. The van der Waals surface area contributed by atoms with Crippen molar-refractivity contribution >= 4 is 23.4 Å². The molecule has 8 nitrogen and oxygen atoms in total. The molecule has 3 saturated heterocycles. The monoisotopic (exact) mass is 419 g/mol. The number of cyclic esters (lactones) is 1. The van der Waals surface area contributed by atoms with Crippen molar-refractivity contribution in [3.63, 3.8) is 0 Å². The zero-order valence-electron chi connectivity index (χ0n) is 17.4. The molecule has 0 radical (unpaired) electrons. The van der Waals surface area contributed by atoms with Crippen molar-refractivity contribution in [3.8, 4) is 0 Å². The van der Waals surface area contributed by atoms with Gasteiger partial charge in [-0.1, -0.05) is 0 Å². The molecule has 0 aliphatic carbocycles. The number of rotatable bonds is 5. The Balaban J connectivity index is 1.35. The van der Waals surface area contributed by atoms with E-state index in [9.17, 15) is 14.0 Å². The Morgan fingerprint density at radius 2 is 1.97 bits per heavy atom. The molecule has 30 heavy (non-hydrogen) atoms. The zero-order valence-corrected chi connectivity index (χ0v) is 17.4. The molecule has 0 aromatic heterocycles. The summed E-state index contributed by atoms with van der Waals surface area (Å²) in [6.45, 7) is 7.57. The Bertz CT molecular complexity index is 778. The standard InChI is InChI=1S/C21H30FN5O3/c1-15(28)24-13-18-14-27(21(29)30-18)17-2-3-20(19(22)12-17)26-10-8-25(9-11-26)16-4-6-23-7-5-16/h2-3,12,16,18,23H,4-11,13-14H2,1H3,(H,24,28). The van der Waals surface area contributed by atoms with Crippen molar-refractivity contribution in [2.45, 2.75) is 31.9 Å². The Labute approximate surface area is 176 Å². The summed E-state index contributed by atoms with van der Waals surface area (Å²) in [5.74, 6) is -0.513. The van der Waals surface area contributed by atoms with Crippen LogP contribution in [0.2, 0.25) is 0 Å². The number of nitrogens with one attached hydrogen (secondary N) is 2. The summed E-state index contributed by atoms with van der Waals surface area (Å²) in [4.78, 5) is 29.2. The average molecular weight is 420 g/mol. The van der Waals surface area contributed by atoms with E-state index in [0.29, 0.717) is 17.4 Å². The van der Waals surface area contributed by atoms with Crippen molar-refractivity contribution in [2.24, 2.45) is 0 Å². The van der Waals surface area contributed by atoms with E-state index in [1.54, 1.807) is 12.1 Å². The molecule has 0 bridgehead atoms. The largest absolute Gasteiger partial charge is 0.442 e. The van der Waals surface area contributed by atoms with E-state index < -0.39 is 12.2 Å². The van der Waals surface area contributed by atoms with Crippen LogP contribution in [0.5, 0.6) is 0 Å². The third-order valence-corrected chi connectivity index (χ3v) is 6.18. The molecule has 3 heterocycles. The summed E-state index contributed by atoms with van der Waals surface area (Å²) >= 11 is 0. The second kappa shape index (κ2) is 9.18. The molecule has 0 saturated carbocycles. The number of anilines is 2. The maximum absolute atomic E-state index is 14.9. The number of hydrogen-bond acceptors (Lipinski definition) is 6. The van der Waals surface area contributed by atoms with Gasteiger partial charge in [-0.25, -0.2) is 9.18 Å². The summed E-state index contributed by atoms with van der Waals surface area (Å²) in [6.07, 6.45) is 1.40. The molecule has 0 spiro atoms. The van der Waals surface area contributed by atoms with E-state index in [2.05, 4.69) is 20.4 Å². The number of benzene rings is 1. The van der Waals surface area contributed by atoms with Gasteiger partial charge in [0.1, 0.15) is 11.9 Å². The van der Waals surface area contributed by atoms with Crippen molar-refractivity contribution in [1.29, 1.82) is 0 Å². The van der Waals surface area contributed by atoms with Crippen molar-refractivity contribution < 1.29 is 18.7 Å². The predicted molar refractivity (Wildman–Crippen MR) is 112 cm³/mol. The van der Waals surface area contributed by atoms with Gasteiger partial charge >= 0.3 is 6.09 Å². The van der Waals surface area contributed by atoms with Gasteiger partial charge in [0.15, 0.2) is 0 Å². The molecule has 4 rings (SSSR count). The number of piperazine rings is 1. The minimum absolute atomic E-state index is 0.180. The van der Waals surface area contributed by atoms with Crippen LogP contribution in [0.15, 0.2) is 18.2 Å². The highest BCUT2D eigenvalue weighted by Crippen LogP contribution is 2.29. The number of halogens is 1. The first kappa shape index (κ1) is 20.9. The highest BCUT2D eigenvalue weighted by atomic mass is 19.1. The molecule has 3 aliphatic rings. The van der Waals surface area contributed by atoms with Gasteiger partial charge in [0.25, 0.3) is 0 Å². The predicted octanol–water partition coefficient (Wildman–Crippen LogP) is 1.16. The van der Waals surface area contributed by atoms with Crippen molar-refractivity contribution in [3.05, 3.63) is 24.0 Å². The minimum atomic E-state index is -0.520. The average Bonchev–Trinajstić information content (AvgIpc) is 3.13. The molecule has 3 aliphatic heterocycles. The summed E-state index contributed by atoms with van der Waals surface area (Å²) in [7, 11) is 0. The van der Waals surface area contributed by atoms with Gasteiger partial charge in [-0.05, 0) is 44.1 Å². The quantitative estimate of drug-likeness (QED) is 0.746. The van der Waals surface area contributed by atoms with Crippen LogP contribution < -0.4 is 20.4 Å². The van der Waals surface area contributed by atoms with Gasteiger partial charge in [0.2, 0.25) is 5.91 Å². The van der Waals surface area contributed by atoms with Crippen molar-refractivity contribution in [1.82, 2.24) is 15.5 Å². The number of hydrogen-bond donors (Lipinski definition) is 2. The molecular weight excluding hydrogens is 389 g/mol. The third kappa shape index (κ3) is 4.67. The number of ether oxygens (including phenoxy) is 1. The maximum Gasteiger partial charge on any atom is 0.414 e. The number of carbonyl (C=O) groups excluding carboxylic acids is 2. The van der Waals surface area contributed by atoms with Crippen LogP contribution in [0, 0.1) is 5.82 Å². The Morgan fingerprint density at radius 1 is 1.23 bits per heavy atom. The molecule has 1 unspecified atom stereocenters. The van der Waals surface area contributed by atoms with Gasteiger partial charge in [0, 0.05) is 39.1 Å². The number of amides is 2. The lowest BCUT2D eigenvalue weighted by Gasteiger charge is -2.41. The summed E-state index contributed by atoms with van der Waals surface area (Å²) in [5, 5.41) is 6.04. The fourth-order valence-corrected chi connectivity index (χ4v) is 4.52. The molecule has 1 atom stereocenters. The topological polar surface area (TPSA) is 77.2 Å². The van der Waals surface area contributed by atoms with E-state index in [0.717, 1.165) is 39.3 Å². The third-order valence-electron chi connectivity index (χ3n) is 6.18. The normalized spacial score (nSPS) is 23.5. The van der Waals surface area contributed by atoms with Crippen LogP contribution in [0.3, 0.4) is 0 Å². The highest BCUT2D eigenvalue weighted by molar-refractivity contribution is 5.90. The fraction of sp³-hybridized carbons (Fsp3) is 0.619. The highest BCUT2D eigenvalue weighted by Gasteiger charge is 2.33. The number of nitrogens with zero attached hydrogens (tertiary/aromatic N) is 3. The lowest BCUT2D eigenvalue weighted by molar-refractivity contribution is -0.119. The van der Waals surface area contributed by atoms with Crippen LogP contribution in [-0.4, -0.2) is 81.4 Å². The summed E-state index contributed by atoms with van der Waals surface area (Å²) in [6, 6.07) is 5.54. The summed E-state index contributed by atoms with van der Waals surface area (Å²) < 4.78 is 20.2. The molecule has 9 heteroatoms. The number of piperidine rings is 1.